The van der Waals surface area contributed by atoms with Gasteiger partial charge in [-0.05, 0) is 32.3 Å². The number of likely N-dealkylation sites (tertiary alicyclic amines) is 1. The Hall–Kier alpha value is -1.69. The minimum Gasteiger partial charge on any atom is -0.378 e. The standard InChI is InChI=1S/C14H18FN3O2/c1-9-6-10(8-17(9)11-2-3-11)16-14-7-12(18(19)20)4-5-13(14)15/h4-5,7,9-11,16H,2-3,6,8H2,1H3. The molecule has 2 atom stereocenters. The van der Waals surface area contributed by atoms with Gasteiger partial charge in [0, 0.05) is 36.8 Å². The zero-order chi connectivity index (χ0) is 14.3. The molecule has 1 saturated carbocycles. The van der Waals surface area contributed by atoms with Crippen LogP contribution in [0.3, 0.4) is 0 Å². The second kappa shape index (κ2) is 5.01. The van der Waals surface area contributed by atoms with Crippen molar-refractivity contribution in [1.29, 1.82) is 0 Å². The van der Waals surface area contributed by atoms with E-state index in [2.05, 4.69) is 17.1 Å². The molecule has 1 heterocycles. The van der Waals surface area contributed by atoms with Crippen molar-refractivity contribution < 1.29 is 9.31 Å². The summed E-state index contributed by atoms with van der Waals surface area (Å²) in [4.78, 5) is 12.7. The van der Waals surface area contributed by atoms with Crippen LogP contribution >= 0.6 is 0 Å². The zero-order valence-corrected chi connectivity index (χ0v) is 11.4. The van der Waals surface area contributed by atoms with Crippen molar-refractivity contribution in [3.8, 4) is 0 Å². The Kier molecular flexibility index (Phi) is 3.33. The monoisotopic (exact) mass is 279 g/mol. The molecule has 1 aromatic rings. The maximum Gasteiger partial charge on any atom is 0.271 e. The summed E-state index contributed by atoms with van der Waals surface area (Å²) in [6, 6.07) is 4.95. The highest BCUT2D eigenvalue weighted by atomic mass is 19.1. The molecular weight excluding hydrogens is 261 g/mol. The van der Waals surface area contributed by atoms with Gasteiger partial charge < -0.3 is 5.32 Å². The largest absolute Gasteiger partial charge is 0.378 e. The predicted octanol–water partition coefficient (Wildman–Crippen LogP) is 2.77. The summed E-state index contributed by atoms with van der Waals surface area (Å²) in [5.41, 5.74) is 0.146. The molecule has 5 nitrogen and oxygen atoms in total. The van der Waals surface area contributed by atoms with Gasteiger partial charge in [-0.3, -0.25) is 15.0 Å². The highest BCUT2D eigenvalue weighted by Gasteiger charge is 2.38. The average molecular weight is 279 g/mol. The Morgan fingerprint density at radius 2 is 2.20 bits per heavy atom. The maximum atomic E-state index is 13.8. The minimum absolute atomic E-state index is 0.0843. The van der Waals surface area contributed by atoms with Crippen molar-refractivity contribution in [2.45, 2.75) is 44.3 Å². The number of benzene rings is 1. The summed E-state index contributed by atoms with van der Waals surface area (Å²) in [7, 11) is 0. The zero-order valence-electron chi connectivity index (χ0n) is 11.4. The van der Waals surface area contributed by atoms with Gasteiger partial charge in [-0.1, -0.05) is 0 Å². The van der Waals surface area contributed by atoms with E-state index in [1.807, 2.05) is 0 Å². The molecule has 2 fully saturated rings. The van der Waals surface area contributed by atoms with Gasteiger partial charge >= 0.3 is 0 Å². The van der Waals surface area contributed by atoms with E-state index in [0.717, 1.165) is 19.0 Å². The summed E-state index contributed by atoms with van der Waals surface area (Å²) in [6.45, 7) is 3.07. The molecule has 1 N–H and O–H groups in total. The molecule has 20 heavy (non-hydrogen) atoms. The average Bonchev–Trinajstić information content (AvgIpc) is 3.17. The number of nitro groups is 1. The Labute approximate surface area is 116 Å². The first kappa shape index (κ1) is 13.3. The van der Waals surface area contributed by atoms with E-state index in [1.54, 1.807) is 0 Å². The number of halogens is 1. The molecule has 0 bridgehead atoms. The minimum atomic E-state index is -0.502. The lowest BCUT2D eigenvalue weighted by Crippen LogP contribution is -2.31. The second-order valence-corrected chi connectivity index (χ2v) is 5.78. The maximum absolute atomic E-state index is 13.8. The number of hydrogen-bond donors (Lipinski definition) is 1. The van der Waals surface area contributed by atoms with Crippen molar-refractivity contribution >= 4 is 11.4 Å². The lowest BCUT2D eigenvalue weighted by atomic mass is 10.1. The van der Waals surface area contributed by atoms with Crippen LogP contribution in [0.25, 0.3) is 0 Å². The summed E-state index contributed by atoms with van der Waals surface area (Å²) < 4.78 is 13.8. The van der Waals surface area contributed by atoms with Gasteiger partial charge in [0.15, 0.2) is 0 Å². The molecule has 0 spiro atoms. The Morgan fingerprint density at radius 1 is 1.45 bits per heavy atom. The van der Waals surface area contributed by atoms with E-state index < -0.39 is 10.7 Å². The van der Waals surface area contributed by atoms with Gasteiger partial charge in [0.2, 0.25) is 0 Å². The third kappa shape index (κ3) is 2.60. The molecule has 3 rings (SSSR count). The molecule has 1 aromatic carbocycles. The van der Waals surface area contributed by atoms with E-state index in [-0.39, 0.29) is 17.4 Å². The third-order valence-corrected chi connectivity index (χ3v) is 4.16. The number of nitrogens with one attached hydrogen (secondary N) is 1. The molecule has 1 aliphatic heterocycles. The Balaban J connectivity index is 1.71. The summed E-state index contributed by atoms with van der Waals surface area (Å²) >= 11 is 0. The summed E-state index contributed by atoms with van der Waals surface area (Å²) in [6.07, 6.45) is 3.45. The summed E-state index contributed by atoms with van der Waals surface area (Å²) in [5, 5.41) is 13.9. The fourth-order valence-electron chi connectivity index (χ4n) is 3.03. The quantitative estimate of drug-likeness (QED) is 0.680. The first-order valence-corrected chi connectivity index (χ1v) is 7.01. The Bertz CT molecular complexity index is 533. The number of rotatable bonds is 4. The van der Waals surface area contributed by atoms with Crippen LogP contribution in [0.5, 0.6) is 0 Å². The lowest BCUT2D eigenvalue weighted by molar-refractivity contribution is -0.384. The number of nitrogens with zero attached hydrogens (tertiary/aromatic N) is 2. The molecule has 2 aliphatic rings. The molecule has 0 amide bonds. The number of hydrogen-bond acceptors (Lipinski definition) is 4. The highest BCUT2D eigenvalue weighted by Crippen LogP contribution is 2.34. The SMILES string of the molecule is CC1CC(Nc2cc([N+](=O)[O-])ccc2F)CN1C1CC1. The molecule has 6 heteroatoms. The first-order chi connectivity index (χ1) is 9.54. The topological polar surface area (TPSA) is 58.4 Å². The predicted molar refractivity (Wildman–Crippen MR) is 74.3 cm³/mol. The third-order valence-electron chi connectivity index (χ3n) is 4.16. The smallest absolute Gasteiger partial charge is 0.271 e. The van der Waals surface area contributed by atoms with Crippen molar-refractivity contribution in [2.75, 3.05) is 11.9 Å². The van der Waals surface area contributed by atoms with Gasteiger partial charge in [-0.15, -0.1) is 0 Å². The molecular formula is C14H18FN3O2. The van der Waals surface area contributed by atoms with Gasteiger partial charge in [0.1, 0.15) is 5.82 Å². The van der Waals surface area contributed by atoms with E-state index in [4.69, 9.17) is 0 Å². The molecule has 108 valence electrons. The number of non-ortho nitro benzene ring substituents is 1. The van der Waals surface area contributed by atoms with Crippen LogP contribution in [0.2, 0.25) is 0 Å². The fourth-order valence-corrected chi connectivity index (χ4v) is 3.03. The van der Waals surface area contributed by atoms with Crippen LogP contribution in [0, 0.1) is 15.9 Å². The molecule has 1 aliphatic carbocycles. The number of nitro benzene ring substituents is 1. The fraction of sp³-hybridized carbons (Fsp3) is 0.571. The van der Waals surface area contributed by atoms with Crippen LogP contribution in [0.4, 0.5) is 15.8 Å². The van der Waals surface area contributed by atoms with Gasteiger partial charge in [-0.2, -0.15) is 0 Å². The second-order valence-electron chi connectivity index (χ2n) is 5.78. The van der Waals surface area contributed by atoms with Gasteiger partial charge in [0.05, 0.1) is 10.6 Å². The highest BCUT2D eigenvalue weighted by molar-refractivity contribution is 5.53. The van der Waals surface area contributed by atoms with Crippen LogP contribution in [0.1, 0.15) is 26.2 Å². The first-order valence-electron chi connectivity index (χ1n) is 7.01. The molecule has 2 unspecified atom stereocenters. The van der Waals surface area contributed by atoms with Gasteiger partial charge in [0.25, 0.3) is 5.69 Å². The molecule has 1 saturated heterocycles. The van der Waals surface area contributed by atoms with E-state index in [9.17, 15) is 14.5 Å². The summed E-state index contributed by atoms with van der Waals surface area (Å²) in [5.74, 6) is -0.437. The lowest BCUT2D eigenvalue weighted by Gasteiger charge is -2.20. The molecule has 0 aromatic heterocycles. The van der Waals surface area contributed by atoms with Crippen LogP contribution in [-0.2, 0) is 0 Å². The van der Waals surface area contributed by atoms with Crippen LogP contribution in [-0.4, -0.2) is 34.5 Å². The van der Waals surface area contributed by atoms with Crippen LogP contribution < -0.4 is 5.32 Å². The molecule has 0 radical (unpaired) electrons. The van der Waals surface area contributed by atoms with E-state index in [1.165, 1.54) is 25.0 Å². The van der Waals surface area contributed by atoms with Crippen LogP contribution in [0.15, 0.2) is 18.2 Å². The van der Waals surface area contributed by atoms with Crippen molar-refractivity contribution in [2.24, 2.45) is 0 Å². The van der Waals surface area contributed by atoms with Crippen molar-refractivity contribution in [3.05, 3.63) is 34.1 Å². The van der Waals surface area contributed by atoms with Crippen molar-refractivity contribution in [1.82, 2.24) is 4.90 Å². The Morgan fingerprint density at radius 3 is 2.85 bits per heavy atom. The number of anilines is 1. The van der Waals surface area contributed by atoms with E-state index >= 15 is 0 Å². The van der Waals surface area contributed by atoms with Crippen molar-refractivity contribution in [3.63, 3.8) is 0 Å². The van der Waals surface area contributed by atoms with E-state index in [0.29, 0.717) is 12.1 Å². The normalized spacial score (nSPS) is 26.7. The van der Waals surface area contributed by atoms with Gasteiger partial charge in [-0.25, -0.2) is 4.39 Å².